The Balaban J connectivity index is 0.000000797. The van der Waals surface area contributed by atoms with Crippen LogP contribution in [0, 0.1) is 0 Å². The standard InChI is InChI=1S/C10H17N3O6S.C3H4N2O2/c11-5(10(18)19)1-2-7(14)13-6(4-20)9(17)12-3-8(15)16;6-2-1-4-3(7)5-2/h5-6,20H,1-4,11H2,(H,12,17)(H,13,14)(H,15,16)(H,18,19);1H2,(H2,4,5,6,7)/t5-,6-;/m0./s1. The second-order valence-electron chi connectivity index (χ2n) is 5.13. The van der Waals surface area contributed by atoms with E-state index >= 15 is 0 Å². The predicted molar refractivity (Wildman–Crippen MR) is 92.8 cm³/mol. The molecule has 14 heteroatoms. The van der Waals surface area contributed by atoms with Crippen LogP contribution in [-0.4, -0.2) is 76.8 Å². The molecule has 1 aliphatic rings. The van der Waals surface area contributed by atoms with Crippen LogP contribution in [0.25, 0.3) is 0 Å². The summed E-state index contributed by atoms with van der Waals surface area (Å²) in [5, 5.41) is 25.7. The van der Waals surface area contributed by atoms with Gasteiger partial charge < -0.3 is 31.9 Å². The van der Waals surface area contributed by atoms with Crippen molar-refractivity contribution in [3.63, 3.8) is 0 Å². The SMILES string of the molecule is N[C@@H](CCC(=O)N[C@@H](CS)C(=O)NCC(=O)O)C(=O)O.O=C1CNC(=O)N1. The van der Waals surface area contributed by atoms with Crippen molar-refractivity contribution in [1.82, 2.24) is 21.3 Å². The van der Waals surface area contributed by atoms with Crippen LogP contribution in [0.5, 0.6) is 0 Å². The van der Waals surface area contributed by atoms with Crippen LogP contribution in [-0.2, 0) is 24.0 Å². The van der Waals surface area contributed by atoms with Gasteiger partial charge in [-0.25, -0.2) is 4.79 Å². The van der Waals surface area contributed by atoms with E-state index in [4.69, 9.17) is 15.9 Å². The molecule has 0 aromatic carbocycles. The van der Waals surface area contributed by atoms with Gasteiger partial charge in [0.15, 0.2) is 0 Å². The Kier molecular flexibility index (Phi) is 11.2. The summed E-state index contributed by atoms with van der Waals surface area (Å²) in [4.78, 5) is 63.8. The van der Waals surface area contributed by atoms with Gasteiger partial charge in [0.1, 0.15) is 18.6 Å². The third-order valence-corrected chi connectivity index (χ3v) is 3.28. The Morgan fingerprint density at radius 2 is 1.85 bits per heavy atom. The summed E-state index contributed by atoms with van der Waals surface area (Å²) in [5.74, 6) is -3.96. The summed E-state index contributed by atoms with van der Waals surface area (Å²) in [6, 6.07) is -2.55. The van der Waals surface area contributed by atoms with E-state index in [1.165, 1.54) is 0 Å². The number of aliphatic carboxylic acids is 2. The summed E-state index contributed by atoms with van der Waals surface area (Å²) >= 11 is 3.87. The zero-order chi connectivity index (χ0) is 21.0. The number of carbonyl (C=O) groups is 6. The van der Waals surface area contributed by atoms with Crippen LogP contribution in [0.4, 0.5) is 4.79 Å². The molecule has 2 atom stereocenters. The van der Waals surface area contributed by atoms with Crippen LogP contribution in [0.1, 0.15) is 12.8 Å². The molecule has 5 amide bonds. The first-order valence-electron chi connectivity index (χ1n) is 7.52. The number of nitrogens with one attached hydrogen (secondary N) is 4. The van der Waals surface area contributed by atoms with E-state index < -0.39 is 48.4 Å². The quantitative estimate of drug-likeness (QED) is 0.141. The molecule has 1 saturated heterocycles. The zero-order valence-electron chi connectivity index (χ0n) is 14.1. The average Bonchev–Trinajstić information content (AvgIpc) is 2.98. The minimum Gasteiger partial charge on any atom is -0.480 e. The molecule has 1 fully saturated rings. The maximum absolute atomic E-state index is 11.5. The van der Waals surface area contributed by atoms with Gasteiger partial charge in [0.05, 0.1) is 6.54 Å². The smallest absolute Gasteiger partial charge is 0.322 e. The second-order valence-corrected chi connectivity index (χ2v) is 5.49. The molecule has 0 aromatic rings. The Morgan fingerprint density at radius 1 is 1.22 bits per heavy atom. The molecule has 0 unspecified atom stereocenters. The summed E-state index contributed by atoms with van der Waals surface area (Å²) in [6.07, 6.45) is -0.235. The number of nitrogens with two attached hydrogens (primary N) is 1. The first kappa shape index (κ1) is 24.1. The molecule has 27 heavy (non-hydrogen) atoms. The van der Waals surface area contributed by atoms with Crippen molar-refractivity contribution in [1.29, 1.82) is 0 Å². The molecule has 0 aliphatic carbocycles. The van der Waals surface area contributed by atoms with Crippen LogP contribution in [0.3, 0.4) is 0 Å². The van der Waals surface area contributed by atoms with Crippen molar-refractivity contribution >= 4 is 48.3 Å². The van der Waals surface area contributed by atoms with Crippen LogP contribution in [0.2, 0.25) is 0 Å². The largest absolute Gasteiger partial charge is 0.480 e. The van der Waals surface area contributed by atoms with E-state index in [-0.39, 0.29) is 31.0 Å². The fourth-order valence-electron chi connectivity index (χ4n) is 1.53. The van der Waals surface area contributed by atoms with Crippen molar-refractivity contribution in [2.75, 3.05) is 18.8 Å². The van der Waals surface area contributed by atoms with Gasteiger partial charge in [-0.3, -0.25) is 29.3 Å². The third-order valence-electron chi connectivity index (χ3n) is 2.91. The molecule has 0 aromatic heterocycles. The summed E-state index contributed by atoms with van der Waals surface area (Å²) < 4.78 is 0. The van der Waals surface area contributed by atoms with Crippen LogP contribution in [0.15, 0.2) is 0 Å². The highest BCUT2D eigenvalue weighted by molar-refractivity contribution is 7.80. The highest BCUT2D eigenvalue weighted by Crippen LogP contribution is 1.97. The lowest BCUT2D eigenvalue weighted by atomic mass is 10.1. The molecule has 8 N–H and O–H groups in total. The Hall–Kier alpha value is -2.87. The highest BCUT2D eigenvalue weighted by Gasteiger charge is 2.21. The first-order valence-corrected chi connectivity index (χ1v) is 8.15. The summed E-state index contributed by atoms with van der Waals surface area (Å²) in [7, 11) is 0. The topological polar surface area (TPSA) is 217 Å². The van der Waals surface area contributed by atoms with Gasteiger partial charge in [0.2, 0.25) is 17.7 Å². The van der Waals surface area contributed by atoms with E-state index in [1.54, 1.807) is 0 Å². The van der Waals surface area contributed by atoms with Crippen molar-refractivity contribution in [2.45, 2.75) is 24.9 Å². The number of amides is 5. The number of carboxylic acids is 2. The molecule has 1 heterocycles. The van der Waals surface area contributed by atoms with Gasteiger partial charge in [0.25, 0.3) is 0 Å². The number of hydrogen-bond acceptors (Lipinski definition) is 8. The Morgan fingerprint density at radius 3 is 2.22 bits per heavy atom. The minimum atomic E-state index is -1.22. The lowest BCUT2D eigenvalue weighted by molar-refractivity contribution is -0.139. The van der Waals surface area contributed by atoms with Gasteiger partial charge in [-0.05, 0) is 6.42 Å². The van der Waals surface area contributed by atoms with E-state index in [0.29, 0.717) is 0 Å². The maximum atomic E-state index is 11.5. The molecule has 13 nitrogen and oxygen atoms in total. The zero-order valence-corrected chi connectivity index (χ0v) is 15.0. The fourth-order valence-corrected chi connectivity index (χ4v) is 1.79. The van der Waals surface area contributed by atoms with Crippen LogP contribution >= 0.6 is 12.6 Å². The van der Waals surface area contributed by atoms with Gasteiger partial charge >= 0.3 is 18.0 Å². The number of imide groups is 1. The average molecular weight is 407 g/mol. The minimum absolute atomic E-state index is 0.0256. The van der Waals surface area contributed by atoms with Gasteiger partial charge in [-0.1, -0.05) is 0 Å². The number of urea groups is 1. The Bertz CT molecular complexity index is 585. The lowest BCUT2D eigenvalue weighted by Crippen LogP contribution is -2.49. The maximum Gasteiger partial charge on any atom is 0.322 e. The molecular formula is C13H21N5O8S. The first-order chi connectivity index (χ1) is 12.6. The molecule has 0 radical (unpaired) electrons. The van der Waals surface area contributed by atoms with Crippen LogP contribution < -0.4 is 27.0 Å². The highest BCUT2D eigenvalue weighted by atomic mass is 32.1. The van der Waals surface area contributed by atoms with Crippen molar-refractivity contribution in [3.8, 4) is 0 Å². The van der Waals surface area contributed by atoms with Gasteiger partial charge in [-0.15, -0.1) is 0 Å². The van der Waals surface area contributed by atoms with E-state index in [1.807, 2.05) is 5.32 Å². The number of rotatable bonds is 9. The van der Waals surface area contributed by atoms with Crippen molar-refractivity contribution < 1.29 is 39.0 Å². The van der Waals surface area contributed by atoms with Gasteiger partial charge in [0, 0.05) is 12.2 Å². The van der Waals surface area contributed by atoms with Gasteiger partial charge in [-0.2, -0.15) is 12.6 Å². The molecule has 0 bridgehead atoms. The number of hydrogen-bond donors (Lipinski definition) is 8. The second kappa shape index (κ2) is 12.5. The number of carbonyl (C=O) groups excluding carboxylic acids is 4. The fraction of sp³-hybridized carbons (Fsp3) is 0.538. The van der Waals surface area contributed by atoms with E-state index in [2.05, 4.69) is 28.6 Å². The molecule has 0 spiro atoms. The summed E-state index contributed by atoms with van der Waals surface area (Å²) in [6.45, 7) is -0.443. The molecular weight excluding hydrogens is 386 g/mol. The van der Waals surface area contributed by atoms with Crippen molar-refractivity contribution in [3.05, 3.63) is 0 Å². The predicted octanol–water partition coefficient (Wildman–Crippen LogP) is -3.38. The van der Waals surface area contributed by atoms with Crippen molar-refractivity contribution in [2.24, 2.45) is 5.73 Å². The lowest BCUT2D eigenvalue weighted by Gasteiger charge is -2.16. The number of thiol groups is 1. The van der Waals surface area contributed by atoms with E-state index in [0.717, 1.165) is 0 Å². The summed E-state index contributed by atoms with van der Waals surface area (Å²) in [5.41, 5.74) is 5.23. The molecule has 152 valence electrons. The molecule has 1 rings (SSSR count). The normalized spacial score (nSPS) is 14.6. The monoisotopic (exact) mass is 407 g/mol. The Labute approximate surface area is 158 Å². The third kappa shape index (κ3) is 11.4. The van der Waals surface area contributed by atoms with E-state index in [9.17, 15) is 28.8 Å². The molecule has 1 aliphatic heterocycles. The number of carboxylic acid groups (broad SMARTS) is 2. The molecule has 0 saturated carbocycles.